The molecule has 0 bridgehead atoms. The molecule has 0 unspecified atom stereocenters. The lowest BCUT2D eigenvalue weighted by molar-refractivity contribution is -0.255. The summed E-state index contributed by atoms with van der Waals surface area (Å²) in [6.45, 7) is 0.212. The second-order valence-electron chi connectivity index (χ2n) is 8.04. The molecule has 0 aliphatic carbocycles. The summed E-state index contributed by atoms with van der Waals surface area (Å²) in [6, 6.07) is 24.2. The first-order valence-electron chi connectivity index (χ1n) is 11.1. The first-order chi connectivity index (χ1) is 17.9. The number of carboxylic acid groups (broad SMARTS) is 1. The number of nitrogens with zero attached hydrogens (tertiary/aromatic N) is 2. The number of hydrogen-bond acceptors (Lipinski definition) is 6. The summed E-state index contributed by atoms with van der Waals surface area (Å²) in [7, 11) is 0. The quantitative estimate of drug-likeness (QED) is 0.260. The second kappa shape index (κ2) is 10.7. The van der Waals surface area contributed by atoms with Gasteiger partial charge in [0.2, 0.25) is 0 Å². The Balaban J connectivity index is 1.46. The maximum absolute atomic E-state index is 13.4. The monoisotopic (exact) mass is 547 g/mol. The molecule has 0 saturated carbocycles. The lowest BCUT2D eigenvalue weighted by atomic mass is 10.1. The molecular weight excluding hydrogens is 531 g/mol. The third-order valence-corrected chi connectivity index (χ3v) is 7.06. The van der Waals surface area contributed by atoms with Gasteiger partial charge in [0.05, 0.1) is 28.1 Å². The number of rotatable bonds is 6. The van der Waals surface area contributed by atoms with E-state index in [-0.39, 0.29) is 18.0 Å². The fourth-order valence-corrected chi connectivity index (χ4v) is 5.02. The van der Waals surface area contributed by atoms with Crippen LogP contribution in [0.1, 0.15) is 21.7 Å². The van der Waals surface area contributed by atoms with E-state index in [2.05, 4.69) is 4.99 Å². The molecule has 1 amide bonds. The zero-order valence-corrected chi connectivity index (χ0v) is 21.4. The number of carbonyl (C=O) groups is 2. The smallest absolute Gasteiger partial charge is 0.267 e. The van der Waals surface area contributed by atoms with Crippen LogP contribution in [-0.4, -0.2) is 21.9 Å². The van der Waals surface area contributed by atoms with Gasteiger partial charge in [0.15, 0.2) is 5.17 Å². The predicted molar refractivity (Wildman–Crippen MR) is 145 cm³/mol. The van der Waals surface area contributed by atoms with Crippen molar-refractivity contribution in [2.45, 2.75) is 6.54 Å². The van der Waals surface area contributed by atoms with E-state index < -0.39 is 5.97 Å². The highest BCUT2D eigenvalue weighted by atomic mass is 35.5. The van der Waals surface area contributed by atoms with Gasteiger partial charge in [-0.15, -0.1) is 0 Å². The Hall–Kier alpha value is -3.78. The van der Waals surface area contributed by atoms with Crippen LogP contribution in [0.25, 0.3) is 17.4 Å². The van der Waals surface area contributed by atoms with Crippen LogP contribution in [0, 0.1) is 0 Å². The van der Waals surface area contributed by atoms with Crippen molar-refractivity contribution in [2.24, 2.45) is 4.99 Å². The number of para-hydroxylation sites is 1. The molecule has 0 radical (unpaired) electrons. The van der Waals surface area contributed by atoms with E-state index in [4.69, 9.17) is 27.6 Å². The van der Waals surface area contributed by atoms with Gasteiger partial charge in [-0.1, -0.05) is 65.7 Å². The molecule has 184 valence electrons. The van der Waals surface area contributed by atoms with Gasteiger partial charge < -0.3 is 14.3 Å². The minimum Gasteiger partial charge on any atom is -0.545 e. The normalized spacial score (nSPS) is 15.6. The van der Waals surface area contributed by atoms with Crippen molar-refractivity contribution in [1.29, 1.82) is 0 Å². The van der Waals surface area contributed by atoms with E-state index in [1.807, 2.05) is 30.3 Å². The molecule has 9 heteroatoms. The van der Waals surface area contributed by atoms with E-state index in [0.717, 1.165) is 5.56 Å². The average molecular weight is 548 g/mol. The Morgan fingerprint density at radius 2 is 1.76 bits per heavy atom. The zero-order valence-electron chi connectivity index (χ0n) is 19.1. The second-order valence-corrected chi connectivity index (χ2v) is 9.90. The van der Waals surface area contributed by atoms with E-state index in [1.165, 1.54) is 23.9 Å². The Morgan fingerprint density at radius 1 is 1.00 bits per heavy atom. The van der Waals surface area contributed by atoms with Crippen LogP contribution in [0.3, 0.4) is 0 Å². The van der Waals surface area contributed by atoms with Crippen LogP contribution < -0.4 is 5.11 Å². The Labute approximate surface area is 226 Å². The van der Waals surface area contributed by atoms with Crippen molar-refractivity contribution in [1.82, 2.24) is 4.90 Å². The molecule has 37 heavy (non-hydrogen) atoms. The average Bonchev–Trinajstić information content (AvgIpc) is 3.47. The summed E-state index contributed by atoms with van der Waals surface area (Å²) in [5.74, 6) is -0.505. The number of thioether (sulfide) groups is 1. The third-order valence-electron chi connectivity index (χ3n) is 5.49. The SMILES string of the molecule is O=C([O-])c1ccc(CN2C(=O)/C(=C/c3ccc(-c4cc(Cl)ccc4Cl)o3)SC2=Nc2ccccc2)cc1. The van der Waals surface area contributed by atoms with Gasteiger partial charge in [0, 0.05) is 16.7 Å². The van der Waals surface area contributed by atoms with Gasteiger partial charge in [-0.3, -0.25) is 9.69 Å². The Kier molecular flexibility index (Phi) is 7.19. The lowest BCUT2D eigenvalue weighted by Crippen LogP contribution is -2.28. The summed E-state index contributed by atoms with van der Waals surface area (Å²) in [4.78, 5) is 31.2. The Bertz CT molecular complexity index is 1550. The van der Waals surface area contributed by atoms with Crippen molar-refractivity contribution in [3.63, 3.8) is 0 Å². The number of aliphatic imine (C=N–C) groups is 1. The maximum atomic E-state index is 13.4. The summed E-state index contributed by atoms with van der Waals surface area (Å²) in [5, 5.41) is 12.6. The minimum absolute atomic E-state index is 0.0677. The number of benzene rings is 3. The van der Waals surface area contributed by atoms with Gasteiger partial charge in [0.1, 0.15) is 11.5 Å². The lowest BCUT2D eigenvalue weighted by Gasteiger charge is -2.16. The van der Waals surface area contributed by atoms with Gasteiger partial charge in [0.25, 0.3) is 5.91 Å². The molecule has 1 aliphatic rings. The van der Waals surface area contributed by atoms with Gasteiger partial charge in [-0.05, 0) is 65.4 Å². The molecule has 3 aromatic carbocycles. The summed E-state index contributed by atoms with van der Waals surface area (Å²) in [5.41, 5.74) is 2.17. The Morgan fingerprint density at radius 3 is 2.49 bits per heavy atom. The van der Waals surface area contributed by atoms with Crippen molar-refractivity contribution < 1.29 is 19.1 Å². The number of hydrogen-bond donors (Lipinski definition) is 0. The summed E-state index contributed by atoms with van der Waals surface area (Å²) < 4.78 is 5.95. The largest absolute Gasteiger partial charge is 0.545 e. The van der Waals surface area contributed by atoms with Gasteiger partial charge in [-0.2, -0.15) is 0 Å². The molecule has 0 N–H and O–H groups in total. The van der Waals surface area contributed by atoms with Crippen molar-refractivity contribution >= 4 is 63.8 Å². The molecule has 4 aromatic rings. The molecule has 2 heterocycles. The minimum atomic E-state index is -1.26. The molecule has 0 spiro atoms. The fourth-order valence-electron chi connectivity index (χ4n) is 3.66. The highest BCUT2D eigenvalue weighted by Crippen LogP contribution is 2.37. The third kappa shape index (κ3) is 5.64. The number of amidine groups is 1. The molecular formula is C28H17Cl2N2O4S-. The summed E-state index contributed by atoms with van der Waals surface area (Å²) in [6.07, 6.45) is 1.66. The van der Waals surface area contributed by atoms with E-state index in [0.29, 0.717) is 42.9 Å². The van der Waals surface area contributed by atoms with Gasteiger partial charge >= 0.3 is 0 Å². The molecule has 1 saturated heterocycles. The van der Waals surface area contributed by atoms with Crippen LogP contribution in [0.4, 0.5) is 5.69 Å². The van der Waals surface area contributed by atoms with Crippen LogP contribution >= 0.6 is 35.0 Å². The van der Waals surface area contributed by atoms with Crippen LogP contribution in [0.5, 0.6) is 0 Å². The summed E-state index contributed by atoms with van der Waals surface area (Å²) >= 11 is 13.6. The van der Waals surface area contributed by atoms with Gasteiger partial charge in [-0.25, -0.2) is 4.99 Å². The first kappa shape index (κ1) is 24.9. The van der Waals surface area contributed by atoms with Crippen molar-refractivity contribution in [2.75, 3.05) is 0 Å². The fraction of sp³-hybridized carbons (Fsp3) is 0.0357. The standard InChI is InChI=1S/C28H18Cl2N2O4S/c29-19-10-12-23(30)22(14-19)24-13-11-21(36-24)15-25-26(33)32(16-17-6-8-18(9-7-17)27(34)35)28(37-25)31-20-4-2-1-3-5-20/h1-15H,16H2,(H,34,35)/p-1/b25-15-,31-28?. The number of carboxylic acids is 1. The number of halogens is 2. The van der Waals surface area contributed by atoms with Crippen molar-refractivity contribution in [3.05, 3.63) is 117 Å². The van der Waals surface area contributed by atoms with Crippen LogP contribution in [-0.2, 0) is 11.3 Å². The molecule has 1 aliphatic heterocycles. The molecule has 1 aromatic heterocycles. The predicted octanol–water partition coefficient (Wildman–Crippen LogP) is 6.42. The number of carbonyl (C=O) groups excluding carboxylic acids is 2. The van der Waals surface area contributed by atoms with E-state index >= 15 is 0 Å². The molecule has 0 atom stereocenters. The highest BCUT2D eigenvalue weighted by molar-refractivity contribution is 8.18. The molecule has 6 nitrogen and oxygen atoms in total. The van der Waals surface area contributed by atoms with Crippen LogP contribution in [0.15, 0.2) is 99.2 Å². The number of aromatic carboxylic acids is 1. The van der Waals surface area contributed by atoms with E-state index in [1.54, 1.807) is 53.4 Å². The van der Waals surface area contributed by atoms with Crippen molar-refractivity contribution in [3.8, 4) is 11.3 Å². The van der Waals surface area contributed by atoms with E-state index in [9.17, 15) is 14.7 Å². The van der Waals surface area contributed by atoms with Crippen LogP contribution in [0.2, 0.25) is 10.0 Å². The number of furan rings is 1. The topological polar surface area (TPSA) is 85.9 Å². The highest BCUT2D eigenvalue weighted by Gasteiger charge is 2.34. The zero-order chi connectivity index (χ0) is 25.9. The first-order valence-corrected chi connectivity index (χ1v) is 12.7. The number of amides is 1. The molecule has 5 rings (SSSR count). The maximum Gasteiger partial charge on any atom is 0.267 e. The molecule has 1 fully saturated rings.